The third kappa shape index (κ3) is 1.87. The van der Waals surface area contributed by atoms with Crippen molar-refractivity contribution in [1.29, 1.82) is 0 Å². The molecule has 3 aromatic rings. The minimum absolute atomic E-state index is 0.165. The van der Waals surface area contributed by atoms with E-state index in [0.717, 1.165) is 5.69 Å². The number of pyridine rings is 1. The van der Waals surface area contributed by atoms with Gasteiger partial charge >= 0.3 is 0 Å². The average molecular weight is 269 g/mol. The lowest BCUT2D eigenvalue weighted by atomic mass is 10.1. The molecule has 5 nitrogen and oxygen atoms in total. The fourth-order valence-electron chi connectivity index (χ4n) is 2.22. The molecule has 0 aliphatic heterocycles. The summed E-state index contributed by atoms with van der Waals surface area (Å²) < 4.78 is 1.38. The highest BCUT2D eigenvalue weighted by Gasteiger charge is 2.13. The van der Waals surface area contributed by atoms with Crippen LogP contribution in [-0.4, -0.2) is 14.8 Å². The highest BCUT2D eigenvalue weighted by Crippen LogP contribution is 2.12. The molecule has 0 saturated heterocycles. The van der Waals surface area contributed by atoms with Crippen LogP contribution < -0.4 is 11.0 Å². The summed E-state index contributed by atoms with van der Waals surface area (Å²) in [5, 5.41) is 3.13. The molecule has 0 atom stereocenters. The van der Waals surface area contributed by atoms with E-state index in [1.54, 1.807) is 0 Å². The molecule has 0 radical (unpaired) electrons. The maximum absolute atomic E-state index is 12.3. The van der Waals surface area contributed by atoms with Crippen LogP contribution in [0.2, 0.25) is 0 Å². The fourth-order valence-corrected chi connectivity index (χ4v) is 2.22. The van der Waals surface area contributed by atoms with E-state index in [9.17, 15) is 9.59 Å². The van der Waals surface area contributed by atoms with Crippen molar-refractivity contribution < 1.29 is 0 Å². The van der Waals surface area contributed by atoms with Gasteiger partial charge in [0.15, 0.2) is 5.43 Å². The van der Waals surface area contributed by atoms with E-state index < -0.39 is 0 Å². The summed E-state index contributed by atoms with van der Waals surface area (Å²) in [4.78, 5) is 27.6. The molecule has 2 aromatic heterocycles. The molecule has 102 valence electrons. The normalized spacial score (nSPS) is 11.3. The second kappa shape index (κ2) is 4.52. The Morgan fingerprint density at radius 2 is 1.80 bits per heavy atom. The first kappa shape index (κ1) is 12.5. The first-order valence-corrected chi connectivity index (χ1v) is 6.51. The van der Waals surface area contributed by atoms with Crippen molar-refractivity contribution in [2.24, 2.45) is 0 Å². The summed E-state index contributed by atoms with van der Waals surface area (Å²) in [6.07, 6.45) is 0. The number of hydrogen-bond donors (Lipinski definition) is 2. The first-order chi connectivity index (χ1) is 9.58. The number of nitrogens with one attached hydrogen (secondary N) is 2. The summed E-state index contributed by atoms with van der Waals surface area (Å²) in [6.45, 7) is 3.98. The molecule has 3 rings (SSSR count). The Balaban J connectivity index is 2.33. The maximum atomic E-state index is 12.3. The van der Waals surface area contributed by atoms with Crippen LogP contribution in [-0.2, 0) is 0 Å². The zero-order chi connectivity index (χ0) is 14.3. The van der Waals surface area contributed by atoms with E-state index in [1.807, 2.05) is 44.2 Å². The Labute approximate surface area is 114 Å². The lowest BCUT2D eigenvalue weighted by Gasteiger charge is -2.04. The number of benzene rings is 1. The second-order valence-corrected chi connectivity index (χ2v) is 5.08. The minimum atomic E-state index is -0.331. The summed E-state index contributed by atoms with van der Waals surface area (Å²) in [6, 6.07) is 10.7. The van der Waals surface area contributed by atoms with Crippen molar-refractivity contribution >= 4 is 11.0 Å². The average Bonchev–Trinajstić information content (AvgIpc) is 2.77. The lowest BCUT2D eigenvalue weighted by Crippen LogP contribution is -2.18. The van der Waals surface area contributed by atoms with Gasteiger partial charge in [-0.3, -0.25) is 14.7 Å². The van der Waals surface area contributed by atoms with Crippen LogP contribution in [0.15, 0.2) is 46.0 Å². The number of aromatic nitrogens is 3. The molecule has 0 fully saturated rings. The van der Waals surface area contributed by atoms with E-state index in [0.29, 0.717) is 11.3 Å². The number of para-hydroxylation sites is 1. The van der Waals surface area contributed by atoms with Crippen LogP contribution in [0.5, 0.6) is 0 Å². The van der Waals surface area contributed by atoms with Crippen LogP contribution in [0, 0.1) is 0 Å². The van der Waals surface area contributed by atoms with Gasteiger partial charge in [-0.1, -0.05) is 32.0 Å². The van der Waals surface area contributed by atoms with Gasteiger partial charge in [-0.05, 0) is 18.1 Å². The van der Waals surface area contributed by atoms with Crippen LogP contribution in [0.3, 0.4) is 0 Å². The third-order valence-corrected chi connectivity index (χ3v) is 3.33. The number of H-pyrrole nitrogens is 2. The molecule has 0 amide bonds. The van der Waals surface area contributed by atoms with Gasteiger partial charge in [0.1, 0.15) is 11.0 Å². The van der Waals surface area contributed by atoms with E-state index in [4.69, 9.17) is 0 Å². The van der Waals surface area contributed by atoms with Crippen molar-refractivity contribution in [3.8, 4) is 5.69 Å². The predicted molar refractivity (Wildman–Crippen MR) is 78.6 cm³/mol. The lowest BCUT2D eigenvalue weighted by molar-refractivity contribution is 0.818. The Kier molecular flexibility index (Phi) is 2.82. The number of hydrogen-bond acceptors (Lipinski definition) is 2. The SMILES string of the molecule is CC(C)c1cc(=O)c2c(=O)n(-c3ccccc3)[nH]c2[nH]1. The van der Waals surface area contributed by atoms with E-state index in [2.05, 4.69) is 10.1 Å². The Morgan fingerprint density at radius 3 is 2.45 bits per heavy atom. The van der Waals surface area contributed by atoms with E-state index in [1.165, 1.54) is 10.7 Å². The topological polar surface area (TPSA) is 70.7 Å². The van der Waals surface area contributed by atoms with Gasteiger partial charge in [-0.2, -0.15) is 0 Å². The second-order valence-electron chi connectivity index (χ2n) is 5.08. The van der Waals surface area contributed by atoms with Gasteiger partial charge in [-0.25, -0.2) is 4.68 Å². The standard InChI is InChI=1S/C15H15N3O2/c1-9(2)11-8-12(19)13-14(16-11)17-18(15(13)20)10-6-4-3-5-7-10/h3-9H,1-2H3,(H2,16,17,19). The van der Waals surface area contributed by atoms with Crippen LogP contribution in [0.4, 0.5) is 0 Å². The molecule has 1 aromatic carbocycles. The van der Waals surface area contributed by atoms with Crippen molar-refractivity contribution in [3.05, 3.63) is 62.7 Å². The summed E-state index contributed by atoms with van der Waals surface area (Å²) >= 11 is 0. The van der Waals surface area contributed by atoms with Gasteiger partial charge in [0, 0.05) is 11.8 Å². The van der Waals surface area contributed by atoms with Gasteiger partial charge in [-0.15, -0.1) is 0 Å². The summed E-state index contributed by atoms with van der Waals surface area (Å²) in [5.41, 5.74) is 1.40. The minimum Gasteiger partial charge on any atom is -0.343 e. The quantitative estimate of drug-likeness (QED) is 0.748. The van der Waals surface area contributed by atoms with Gasteiger partial charge in [0.05, 0.1) is 5.69 Å². The first-order valence-electron chi connectivity index (χ1n) is 6.51. The van der Waals surface area contributed by atoms with Gasteiger partial charge in [0.2, 0.25) is 0 Å². The van der Waals surface area contributed by atoms with Crippen molar-refractivity contribution in [3.63, 3.8) is 0 Å². The van der Waals surface area contributed by atoms with Crippen LogP contribution >= 0.6 is 0 Å². The number of aromatic amines is 2. The number of rotatable bonds is 2. The molecule has 0 saturated carbocycles. The van der Waals surface area contributed by atoms with Gasteiger partial charge in [0.25, 0.3) is 5.56 Å². The number of nitrogens with zero attached hydrogens (tertiary/aromatic N) is 1. The molecule has 0 bridgehead atoms. The predicted octanol–water partition coefficient (Wildman–Crippen LogP) is 2.13. The van der Waals surface area contributed by atoms with Crippen LogP contribution in [0.1, 0.15) is 25.5 Å². The van der Waals surface area contributed by atoms with E-state index in [-0.39, 0.29) is 22.3 Å². The largest absolute Gasteiger partial charge is 0.343 e. The number of fused-ring (bicyclic) bond motifs is 1. The third-order valence-electron chi connectivity index (χ3n) is 3.33. The highest BCUT2D eigenvalue weighted by atomic mass is 16.1. The zero-order valence-corrected chi connectivity index (χ0v) is 11.3. The van der Waals surface area contributed by atoms with Gasteiger partial charge < -0.3 is 4.98 Å². The fraction of sp³-hybridized carbons (Fsp3) is 0.200. The molecular formula is C15H15N3O2. The molecule has 20 heavy (non-hydrogen) atoms. The van der Waals surface area contributed by atoms with E-state index >= 15 is 0 Å². The Bertz CT molecular complexity index is 870. The molecule has 5 heteroatoms. The Hall–Kier alpha value is -2.56. The van der Waals surface area contributed by atoms with Crippen molar-refractivity contribution in [1.82, 2.24) is 14.8 Å². The monoisotopic (exact) mass is 269 g/mol. The maximum Gasteiger partial charge on any atom is 0.284 e. The zero-order valence-electron chi connectivity index (χ0n) is 11.3. The van der Waals surface area contributed by atoms with Crippen LogP contribution in [0.25, 0.3) is 16.7 Å². The highest BCUT2D eigenvalue weighted by molar-refractivity contribution is 5.74. The molecular weight excluding hydrogens is 254 g/mol. The Morgan fingerprint density at radius 1 is 1.10 bits per heavy atom. The molecule has 2 heterocycles. The van der Waals surface area contributed by atoms with Crippen molar-refractivity contribution in [2.75, 3.05) is 0 Å². The van der Waals surface area contributed by atoms with Crippen molar-refractivity contribution in [2.45, 2.75) is 19.8 Å². The smallest absolute Gasteiger partial charge is 0.284 e. The molecule has 0 spiro atoms. The molecule has 0 aliphatic rings. The molecule has 2 N–H and O–H groups in total. The molecule has 0 unspecified atom stereocenters. The summed E-state index contributed by atoms with van der Waals surface area (Å²) in [7, 11) is 0. The molecule has 0 aliphatic carbocycles. The summed E-state index contributed by atoms with van der Waals surface area (Å²) in [5.74, 6) is 0.190.